The Kier molecular flexibility index (Phi) is 2.11. The molecule has 10 heteroatoms. The van der Waals surface area contributed by atoms with E-state index in [-0.39, 0.29) is 17.1 Å². The molecule has 2 heterocycles. The Morgan fingerprint density at radius 3 is 2.88 bits per heavy atom. The summed E-state index contributed by atoms with van der Waals surface area (Å²) in [6, 6.07) is 0. The van der Waals surface area contributed by atoms with Gasteiger partial charge in [0.2, 0.25) is 5.95 Å². The second kappa shape index (κ2) is 3.44. The Labute approximate surface area is 86.2 Å². The number of aromatic nitrogens is 5. The van der Waals surface area contributed by atoms with E-state index < -0.39 is 11.2 Å². The molecule has 16 heavy (non-hydrogen) atoms. The molecule has 0 amide bonds. The summed E-state index contributed by atoms with van der Waals surface area (Å²) in [5, 5.41) is 10.1. The minimum atomic E-state index is -0.689. The molecule has 0 saturated heterocycles. The summed E-state index contributed by atoms with van der Waals surface area (Å²) in [6.45, 7) is 0. The van der Waals surface area contributed by atoms with Crippen LogP contribution in [-0.4, -0.2) is 24.7 Å². The van der Waals surface area contributed by atoms with Crippen molar-refractivity contribution in [3.05, 3.63) is 31.3 Å². The third-order valence-corrected chi connectivity index (χ3v) is 1.85. The third kappa shape index (κ3) is 1.38. The predicted octanol–water partition coefficient (Wildman–Crippen LogP) is -0.646. The summed E-state index contributed by atoms with van der Waals surface area (Å²) in [5.74, 6) is -0.254. The van der Waals surface area contributed by atoms with Gasteiger partial charge in [0.1, 0.15) is 0 Å². The number of rotatable bonds is 1. The zero-order chi connectivity index (χ0) is 11.7. The zero-order valence-corrected chi connectivity index (χ0v) is 7.95. The highest BCUT2D eigenvalue weighted by atomic mass is 16.2. The maximum atomic E-state index is 11.3. The number of hydrogen-bond acceptors (Lipinski definition) is 6. The first kappa shape index (κ1) is 9.80. The molecule has 2 aromatic heterocycles. The largest absolute Gasteiger partial charge is 0.329 e. The molecule has 0 spiro atoms. The van der Waals surface area contributed by atoms with Crippen LogP contribution < -0.4 is 11.2 Å². The molecule has 0 fully saturated rings. The Balaban J connectivity index is 2.97. The summed E-state index contributed by atoms with van der Waals surface area (Å²) in [4.78, 5) is 30.8. The first-order valence-corrected chi connectivity index (χ1v) is 4.02. The van der Waals surface area contributed by atoms with Crippen LogP contribution in [0.3, 0.4) is 0 Å². The van der Waals surface area contributed by atoms with Crippen molar-refractivity contribution >= 4 is 17.1 Å². The molecule has 0 aliphatic carbocycles. The van der Waals surface area contributed by atoms with Crippen molar-refractivity contribution in [1.29, 1.82) is 0 Å². The van der Waals surface area contributed by atoms with E-state index in [0.717, 1.165) is 4.57 Å². The summed E-state index contributed by atoms with van der Waals surface area (Å²) in [5.41, 5.74) is 6.77. The highest BCUT2D eigenvalue weighted by Crippen LogP contribution is 2.05. The maximum Gasteiger partial charge on any atom is 0.329 e. The molecule has 0 aliphatic heterocycles. The number of nitrogens with zero attached hydrogens (tertiary/aromatic N) is 7. The second-order valence-electron chi connectivity index (χ2n) is 2.79. The number of hydrogen-bond donors (Lipinski definition) is 1. The van der Waals surface area contributed by atoms with Crippen molar-refractivity contribution in [1.82, 2.24) is 24.7 Å². The fraction of sp³-hybridized carbons (Fsp3) is 0.167. The molecule has 0 radical (unpaired) electrons. The van der Waals surface area contributed by atoms with Gasteiger partial charge in [-0.2, -0.15) is 0 Å². The minimum absolute atomic E-state index is 0.00569. The molecule has 2 aromatic rings. The highest BCUT2D eigenvalue weighted by Gasteiger charge is 2.08. The van der Waals surface area contributed by atoms with Crippen molar-refractivity contribution in [3.8, 4) is 0 Å². The Hall–Kier alpha value is -2.74. The van der Waals surface area contributed by atoms with Crippen LogP contribution in [0, 0.1) is 0 Å². The fourth-order valence-corrected chi connectivity index (χ4v) is 1.11. The van der Waals surface area contributed by atoms with Crippen molar-refractivity contribution in [2.45, 2.75) is 0 Å². The zero-order valence-electron chi connectivity index (χ0n) is 7.95. The van der Waals surface area contributed by atoms with Gasteiger partial charge in [-0.3, -0.25) is 14.3 Å². The van der Waals surface area contributed by atoms with Crippen LogP contribution in [0.5, 0.6) is 0 Å². The number of azide groups is 1. The van der Waals surface area contributed by atoms with Gasteiger partial charge in [-0.1, -0.05) is 0 Å². The minimum Gasteiger partial charge on any atom is -0.279 e. The van der Waals surface area contributed by atoms with E-state index in [9.17, 15) is 9.59 Å². The van der Waals surface area contributed by atoms with E-state index in [1.807, 2.05) is 4.98 Å². The van der Waals surface area contributed by atoms with E-state index >= 15 is 0 Å². The van der Waals surface area contributed by atoms with Gasteiger partial charge in [0.15, 0.2) is 11.2 Å². The number of aryl methyl sites for hydroxylation is 1. The summed E-state index contributed by atoms with van der Waals surface area (Å²) in [6.07, 6.45) is 0. The van der Waals surface area contributed by atoms with Gasteiger partial charge in [-0.05, 0) is 10.6 Å². The molecule has 0 bridgehead atoms. The molecule has 80 valence electrons. The van der Waals surface area contributed by atoms with Crippen LogP contribution in [0.2, 0.25) is 0 Å². The quantitative estimate of drug-likeness (QED) is 0.386. The van der Waals surface area contributed by atoms with Gasteiger partial charge in [0.25, 0.3) is 5.56 Å². The van der Waals surface area contributed by atoms with Gasteiger partial charge in [-0.25, -0.2) is 9.78 Å². The monoisotopic (exact) mass is 220 g/mol. The molecule has 10 nitrogen and oxygen atoms in total. The van der Waals surface area contributed by atoms with Crippen molar-refractivity contribution in [2.75, 3.05) is 0 Å². The first-order valence-electron chi connectivity index (χ1n) is 4.02. The number of nitrogens with one attached hydrogen (secondary N) is 1. The molecule has 0 unspecified atom stereocenters. The van der Waals surface area contributed by atoms with Gasteiger partial charge >= 0.3 is 5.69 Å². The Morgan fingerprint density at radius 1 is 1.44 bits per heavy atom. The first-order chi connectivity index (χ1) is 7.63. The summed E-state index contributed by atoms with van der Waals surface area (Å²) >= 11 is 0. The smallest absolute Gasteiger partial charge is 0.279 e. The standard InChI is InChI=1S/C6H4N8O2/c1-14-3-2(4(15)9-6(14)16)10-11-5(8-3)12-13-7/h1H3,(H,9,15,16). The summed E-state index contributed by atoms with van der Waals surface area (Å²) in [7, 11) is 1.40. The normalized spacial score (nSPS) is 10.1. The van der Waals surface area contributed by atoms with Gasteiger partial charge in [0.05, 0.1) is 0 Å². The van der Waals surface area contributed by atoms with E-state index in [1.165, 1.54) is 7.05 Å². The van der Waals surface area contributed by atoms with E-state index in [2.05, 4.69) is 25.2 Å². The van der Waals surface area contributed by atoms with Crippen LogP contribution in [0.4, 0.5) is 5.95 Å². The lowest BCUT2D eigenvalue weighted by atomic mass is 10.5. The number of fused-ring (bicyclic) bond motifs is 1. The van der Waals surface area contributed by atoms with Crippen LogP contribution in [0.15, 0.2) is 14.7 Å². The van der Waals surface area contributed by atoms with Crippen molar-refractivity contribution in [2.24, 2.45) is 12.2 Å². The molecule has 0 atom stereocenters. The molecular weight excluding hydrogens is 216 g/mol. The number of H-pyrrole nitrogens is 1. The average molecular weight is 220 g/mol. The van der Waals surface area contributed by atoms with Gasteiger partial charge in [-0.15, -0.1) is 10.2 Å². The lowest BCUT2D eigenvalue weighted by Crippen LogP contribution is -2.29. The third-order valence-electron chi connectivity index (χ3n) is 1.85. The molecule has 1 N–H and O–H groups in total. The van der Waals surface area contributed by atoms with Crippen LogP contribution in [0.1, 0.15) is 0 Å². The van der Waals surface area contributed by atoms with Crippen LogP contribution in [-0.2, 0) is 7.05 Å². The van der Waals surface area contributed by atoms with Crippen LogP contribution in [0.25, 0.3) is 21.6 Å². The summed E-state index contributed by atoms with van der Waals surface area (Å²) < 4.78 is 1.07. The average Bonchev–Trinajstić information content (AvgIpc) is 2.26. The predicted molar refractivity (Wildman–Crippen MR) is 52.0 cm³/mol. The molecule has 0 aromatic carbocycles. The van der Waals surface area contributed by atoms with E-state index in [0.29, 0.717) is 0 Å². The SMILES string of the molecule is Cn1c(=O)[nH]c(=O)c2nnc(N=[N+]=[N-])nc21. The molecule has 0 saturated carbocycles. The lowest BCUT2D eigenvalue weighted by Gasteiger charge is -2.00. The Bertz CT molecular complexity index is 721. The van der Waals surface area contributed by atoms with E-state index in [4.69, 9.17) is 5.53 Å². The maximum absolute atomic E-state index is 11.3. The highest BCUT2D eigenvalue weighted by molar-refractivity contribution is 5.68. The Morgan fingerprint density at radius 2 is 2.19 bits per heavy atom. The van der Waals surface area contributed by atoms with Gasteiger partial charge in [0, 0.05) is 12.0 Å². The van der Waals surface area contributed by atoms with Crippen molar-refractivity contribution < 1.29 is 0 Å². The molecular formula is C6H4N8O2. The van der Waals surface area contributed by atoms with Crippen molar-refractivity contribution in [3.63, 3.8) is 0 Å². The fourth-order valence-electron chi connectivity index (χ4n) is 1.11. The lowest BCUT2D eigenvalue weighted by molar-refractivity contribution is 0.812. The van der Waals surface area contributed by atoms with Crippen LogP contribution >= 0.6 is 0 Å². The van der Waals surface area contributed by atoms with E-state index in [1.54, 1.807) is 0 Å². The second-order valence-corrected chi connectivity index (χ2v) is 2.79. The van der Waals surface area contributed by atoms with Gasteiger partial charge < -0.3 is 0 Å². The topological polar surface area (TPSA) is 142 Å². The number of aromatic amines is 1. The molecule has 2 rings (SSSR count). The molecule has 0 aliphatic rings.